The number of nitrogen functional groups attached to an aromatic ring is 1. The number of thioether (sulfide) groups is 1. The number of ether oxygens (including phenoxy) is 3. The zero-order valence-corrected chi connectivity index (χ0v) is 25.6. The summed E-state index contributed by atoms with van der Waals surface area (Å²) >= 11 is 2.12. The Bertz CT molecular complexity index is 1380. The van der Waals surface area contributed by atoms with Gasteiger partial charge in [-0.1, -0.05) is 11.2 Å². The van der Waals surface area contributed by atoms with E-state index in [1.165, 1.54) is 18.7 Å². The summed E-state index contributed by atoms with van der Waals surface area (Å²) in [5.41, 5.74) is 4.80. The van der Waals surface area contributed by atoms with Gasteiger partial charge in [0.15, 0.2) is 5.13 Å². The number of aromatic nitrogens is 2. The lowest BCUT2D eigenvalue weighted by atomic mass is 9.98. The van der Waals surface area contributed by atoms with Crippen LogP contribution < -0.4 is 11.1 Å². The van der Waals surface area contributed by atoms with Gasteiger partial charge in [0.25, 0.3) is 11.8 Å². The standard InChI is InChI=1S/C26H32N6O9S2/c1-13(33)38-10-14-11-42-22-17(21(35)32(22)18(14)23(36)39-12-40-24(37)26(2,3)4)28-20(34)16(19-29-25(27)43-31-19)30-41-15-8-6-5-7-9-15/h6,8,15,17,22H,5,7,9-12H2,1-4H3,(H,28,34)(H2,27,29,31)/t15?,17-,22-/m1/s1. The number of nitrogens with zero attached hydrogens (tertiary/aromatic N) is 4. The molecule has 2 aliphatic heterocycles. The summed E-state index contributed by atoms with van der Waals surface area (Å²) in [6.07, 6.45) is 6.02. The monoisotopic (exact) mass is 636 g/mol. The first-order chi connectivity index (χ1) is 20.4. The maximum Gasteiger partial charge on any atom is 0.358 e. The minimum atomic E-state index is -1.05. The molecule has 0 bridgehead atoms. The first-order valence-corrected chi connectivity index (χ1v) is 15.1. The number of carbonyl (C=O) groups excluding carboxylic acids is 5. The second kappa shape index (κ2) is 13.5. The van der Waals surface area contributed by atoms with Crippen molar-refractivity contribution in [2.75, 3.05) is 24.9 Å². The normalized spacial score (nSPS) is 21.9. The highest BCUT2D eigenvalue weighted by Gasteiger charge is 2.55. The smallest absolute Gasteiger partial charge is 0.358 e. The van der Waals surface area contributed by atoms with Crippen molar-refractivity contribution in [3.63, 3.8) is 0 Å². The van der Waals surface area contributed by atoms with E-state index >= 15 is 0 Å². The highest BCUT2D eigenvalue weighted by atomic mass is 32.2. The molecule has 1 unspecified atom stereocenters. The Balaban J connectivity index is 1.50. The van der Waals surface area contributed by atoms with E-state index in [0.29, 0.717) is 12.0 Å². The average Bonchev–Trinajstić information content (AvgIpc) is 3.39. The Morgan fingerprint density at radius 3 is 2.60 bits per heavy atom. The predicted molar refractivity (Wildman–Crippen MR) is 154 cm³/mol. The minimum Gasteiger partial charge on any atom is -0.461 e. The number of nitrogens with one attached hydrogen (secondary N) is 1. The van der Waals surface area contributed by atoms with Crippen molar-refractivity contribution in [1.82, 2.24) is 19.6 Å². The average molecular weight is 637 g/mol. The van der Waals surface area contributed by atoms with Crippen LogP contribution in [0.15, 0.2) is 28.6 Å². The van der Waals surface area contributed by atoms with E-state index in [2.05, 4.69) is 19.8 Å². The van der Waals surface area contributed by atoms with E-state index in [1.807, 2.05) is 12.2 Å². The number of amides is 2. The first kappa shape index (κ1) is 31.9. The molecule has 1 fully saturated rings. The highest BCUT2D eigenvalue weighted by Crippen LogP contribution is 2.41. The van der Waals surface area contributed by atoms with Crippen LogP contribution in [0.3, 0.4) is 0 Å². The van der Waals surface area contributed by atoms with Gasteiger partial charge in [-0.05, 0) is 46.1 Å². The number of hydrogen-bond acceptors (Lipinski definition) is 15. The molecule has 232 valence electrons. The number of carbonyl (C=O) groups is 5. The van der Waals surface area contributed by atoms with Crippen LogP contribution in [0.4, 0.5) is 5.13 Å². The lowest BCUT2D eigenvalue weighted by Gasteiger charge is -2.49. The second-order valence-electron chi connectivity index (χ2n) is 10.7. The van der Waals surface area contributed by atoms with Crippen molar-refractivity contribution in [1.29, 1.82) is 0 Å². The summed E-state index contributed by atoms with van der Waals surface area (Å²) in [6, 6.07) is -1.05. The molecule has 4 rings (SSSR count). The maximum atomic E-state index is 13.3. The van der Waals surface area contributed by atoms with Crippen molar-refractivity contribution in [3.8, 4) is 0 Å². The fourth-order valence-corrected chi connectivity index (χ4v) is 5.87. The number of anilines is 1. The lowest BCUT2D eigenvalue weighted by Crippen LogP contribution is -2.71. The van der Waals surface area contributed by atoms with Crippen LogP contribution in [-0.4, -0.2) is 86.4 Å². The summed E-state index contributed by atoms with van der Waals surface area (Å²) in [4.78, 5) is 74.0. The number of nitrogens with two attached hydrogens (primary N) is 1. The fourth-order valence-electron chi connectivity index (χ4n) is 4.11. The van der Waals surface area contributed by atoms with Crippen LogP contribution in [0, 0.1) is 5.41 Å². The van der Waals surface area contributed by atoms with Gasteiger partial charge in [0.2, 0.25) is 18.3 Å². The molecule has 3 atom stereocenters. The molecule has 1 aromatic rings. The van der Waals surface area contributed by atoms with Gasteiger partial charge >= 0.3 is 17.9 Å². The third kappa shape index (κ3) is 7.70. The van der Waals surface area contributed by atoms with E-state index in [9.17, 15) is 24.0 Å². The molecule has 0 radical (unpaired) electrons. The van der Waals surface area contributed by atoms with Crippen molar-refractivity contribution < 1.29 is 43.0 Å². The third-order valence-corrected chi connectivity index (χ3v) is 8.21. The van der Waals surface area contributed by atoms with Crippen molar-refractivity contribution in [2.45, 2.75) is 64.5 Å². The summed E-state index contributed by atoms with van der Waals surface area (Å²) in [5, 5.41) is 6.06. The lowest BCUT2D eigenvalue weighted by molar-refractivity contribution is -0.173. The zero-order chi connectivity index (χ0) is 31.3. The Labute approximate surface area is 255 Å². The Hall–Kier alpha value is -3.99. The van der Waals surface area contributed by atoms with Crippen molar-refractivity contribution in [3.05, 3.63) is 29.2 Å². The van der Waals surface area contributed by atoms with Gasteiger partial charge in [0.1, 0.15) is 29.8 Å². The largest absolute Gasteiger partial charge is 0.461 e. The summed E-state index contributed by atoms with van der Waals surface area (Å²) in [6.45, 7) is 5.19. The van der Waals surface area contributed by atoms with E-state index < -0.39 is 53.3 Å². The van der Waals surface area contributed by atoms with E-state index in [-0.39, 0.29) is 40.8 Å². The summed E-state index contributed by atoms with van der Waals surface area (Å²) in [5.74, 6) is -3.40. The third-order valence-electron chi connectivity index (χ3n) is 6.33. The molecule has 1 aromatic heterocycles. The van der Waals surface area contributed by atoms with Crippen LogP contribution in [0.2, 0.25) is 0 Å². The molecule has 1 aliphatic carbocycles. The molecule has 0 spiro atoms. The first-order valence-electron chi connectivity index (χ1n) is 13.3. The quantitative estimate of drug-likeness (QED) is 0.0929. The molecule has 1 saturated heterocycles. The molecule has 15 nitrogen and oxygen atoms in total. The van der Waals surface area contributed by atoms with Gasteiger partial charge in [-0.3, -0.25) is 24.1 Å². The molecule has 0 saturated carbocycles. The number of esters is 3. The van der Waals surface area contributed by atoms with Gasteiger partial charge in [-0.15, -0.1) is 11.8 Å². The number of oxime groups is 1. The van der Waals surface area contributed by atoms with Crippen LogP contribution in [0.1, 0.15) is 52.8 Å². The molecule has 3 N–H and O–H groups in total. The van der Waals surface area contributed by atoms with E-state index in [1.54, 1.807) is 20.8 Å². The van der Waals surface area contributed by atoms with E-state index in [4.69, 9.17) is 24.8 Å². The van der Waals surface area contributed by atoms with Gasteiger partial charge in [0.05, 0.1) is 5.41 Å². The molecular formula is C26H32N6O9S2. The van der Waals surface area contributed by atoms with Crippen LogP contribution in [-0.2, 0) is 43.0 Å². The SMILES string of the molecule is CC(=O)OCC1=C(C(=O)OCOC(=O)C(C)(C)C)N2C(=O)[C@@H](NC(=O)C(=NOC3C=CCCC3)c3nsc(N)n3)[C@H]2SC1. The van der Waals surface area contributed by atoms with Crippen molar-refractivity contribution >= 4 is 63.9 Å². The Morgan fingerprint density at radius 2 is 1.98 bits per heavy atom. The summed E-state index contributed by atoms with van der Waals surface area (Å²) < 4.78 is 19.3. The Kier molecular flexibility index (Phi) is 10.1. The fraction of sp³-hybridized carbons (Fsp3) is 0.538. The molecule has 2 amide bonds. The van der Waals surface area contributed by atoms with Gasteiger partial charge < -0.3 is 30.1 Å². The Morgan fingerprint density at radius 1 is 1.21 bits per heavy atom. The second-order valence-corrected chi connectivity index (χ2v) is 12.6. The zero-order valence-electron chi connectivity index (χ0n) is 24.0. The van der Waals surface area contributed by atoms with Gasteiger partial charge in [0, 0.05) is 29.8 Å². The van der Waals surface area contributed by atoms with Crippen molar-refractivity contribution in [2.24, 2.45) is 10.6 Å². The number of allylic oxidation sites excluding steroid dienone is 1. The highest BCUT2D eigenvalue weighted by molar-refractivity contribution is 8.00. The molecule has 3 heterocycles. The van der Waals surface area contributed by atoms with Gasteiger partial charge in [-0.2, -0.15) is 9.36 Å². The topological polar surface area (TPSA) is 202 Å². The van der Waals surface area contributed by atoms with Gasteiger partial charge in [-0.25, -0.2) is 4.79 Å². The molecular weight excluding hydrogens is 604 g/mol. The predicted octanol–water partition coefficient (Wildman–Crippen LogP) is 1.26. The summed E-state index contributed by atoms with van der Waals surface area (Å²) in [7, 11) is 0. The molecule has 17 heteroatoms. The van der Waals surface area contributed by atoms with Crippen LogP contribution >= 0.6 is 23.3 Å². The maximum absolute atomic E-state index is 13.3. The molecule has 3 aliphatic rings. The van der Waals surface area contributed by atoms with E-state index in [0.717, 1.165) is 29.3 Å². The van der Waals surface area contributed by atoms with Crippen LogP contribution in [0.25, 0.3) is 0 Å². The molecule has 43 heavy (non-hydrogen) atoms. The minimum absolute atomic E-state index is 0.0580. The number of rotatable bonds is 10. The number of β-lactam (4-membered cyclic amide) rings is 1. The number of fused-ring (bicyclic) bond motifs is 1. The van der Waals surface area contributed by atoms with Crippen LogP contribution in [0.5, 0.6) is 0 Å². The molecule has 0 aromatic carbocycles. The number of hydrogen-bond donors (Lipinski definition) is 2.